The van der Waals surface area contributed by atoms with Crippen molar-refractivity contribution in [2.75, 3.05) is 4.90 Å². The van der Waals surface area contributed by atoms with Crippen molar-refractivity contribution in [3.8, 4) is 0 Å². The van der Waals surface area contributed by atoms with Crippen molar-refractivity contribution < 1.29 is 4.79 Å². The van der Waals surface area contributed by atoms with Crippen molar-refractivity contribution in [3.63, 3.8) is 0 Å². The summed E-state index contributed by atoms with van der Waals surface area (Å²) in [4.78, 5) is 19.1. The fourth-order valence-electron chi connectivity index (χ4n) is 3.33. The van der Waals surface area contributed by atoms with E-state index in [0.29, 0.717) is 11.5 Å². The molecule has 0 spiro atoms. The Morgan fingerprint density at radius 2 is 1.71 bits per heavy atom. The molecule has 1 aromatic heterocycles. The first kappa shape index (κ1) is 14.6. The van der Waals surface area contributed by atoms with E-state index in [1.807, 2.05) is 53.2 Å². The summed E-state index contributed by atoms with van der Waals surface area (Å²) in [5.41, 5.74) is 1.85. The van der Waals surface area contributed by atoms with Gasteiger partial charge >= 0.3 is 0 Å². The summed E-state index contributed by atoms with van der Waals surface area (Å²) in [5, 5.41) is 4.39. The first-order chi connectivity index (χ1) is 11.8. The second-order valence-corrected chi connectivity index (χ2v) is 6.06. The Morgan fingerprint density at radius 3 is 2.42 bits per heavy atom. The Kier molecular flexibility index (Phi) is 3.61. The number of amides is 1. The van der Waals surface area contributed by atoms with Crippen LogP contribution in [0.5, 0.6) is 0 Å². The normalized spacial score (nSPS) is 19.8. The van der Waals surface area contributed by atoms with Gasteiger partial charge < -0.3 is 0 Å². The highest BCUT2D eigenvalue weighted by Gasteiger charge is 2.36. The van der Waals surface area contributed by atoms with Gasteiger partial charge in [0, 0.05) is 11.6 Å². The van der Waals surface area contributed by atoms with E-state index in [1.165, 1.54) is 11.9 Å². The molecular weight excluding hydrogens is 300 g/mol. The molecule has 2 atom stereocenters. The number of rotatable bonds is 2. The lowest BCUT2D eigenvalue weighted by Crippen LogP contribution is -2.46. The van der Waals surface area contributed by atoms with Crippen molar-refractivity contribution in [1.82, 2.24) is 14.8 Å². The van der Waals surface area contributed by atoms with Crippen LogP contribution in [0.15, 0.2) is 67.0 Å². The summed E-state index contributed by atoms with van der Waals surface area (Å²) >= 11 is 0. The lowest BCUT2D eigenvalue weighted by molar-refractivity contribution is 0.0966. The maximum atomic E-state index is 13.0. The summed E-state index contributed by atoms with van der Waals surface area (Å²) in [5.74, 6) is 0.570. The number of hydrogen-bond donors (Lipinski definition) is 0. The molecule has 0 unspecified atom stereocenters. The fourth-order valence-corrected chi connectivity index (χ4v) is 3.33. The van der Waals surface area contributed by atoms with Gasteiger partial charge in [-0.1, -0.05) is 48.5 Å². The van der Waals surface area contributed by atoms with E-state index in [9.17, 15) is 4.79 Å². The first-order valence-electron chi connectivity index (χ1n) is 8.09. The number of anilines is 1. The first-order valence-corrected chi connectivity index (χ1v) is 8.09. The Hall–Kier alpha value is -2.95. The molecule has 3 aromatic rings. The zero-order chi connectivity index (χ0) is 16.5. The van der Waals surface area contributed by atoms with Crippen LogP contribution in [0.2, 0.25) is 0 Å². The predicted molar refractivity (Wildman–Crippen MR) is 91.9 cm³/mol. The lowest BCUT2D eigenvalue weighted by atomic mass is 9.97. The van der Waals surface area contributed by atoms with E-state index in [2.05, 4.69) is 29.1 Å². The third-order valence-corrected chi connectivity index (χ3v) is 4.49. The third kappa shape index (κ3) is 2.38. The molecule has 1 amide bonds. The van der Waals surface area contributed by atoms with E-state index in [1.54, 1.807) is 4.90 Å². The van der Waals surface area contributed by atoms with Crippen LogP contribution in [0.4, 0.5) is 5.95 Å². The summed E-state index contributed by atoms with van der Waals surface area (Å²) in [6.07, 6.45) is 2.33. The molecule has 1 aliphatic heterocycles. The van der Waals surface area contributed by atoms with Gasteiger partial charge in [0.1, 0.15) is 6.33 Å². The van der Waals surface area contributed by atoms with E-state index in [0.717, 1.165) is 6.42 Å². The van der Waals surface area contributed by atoms with Gasteiger partial charge in [-0.25, -0.2) is 4.68 Å². The van der Waals surface area contributed by atoms with Crippen LogP contribution in [-0.2, 0) is 0 Å². The smallest absolute Gasteiger partial charge is 0.260 e. The SMILES string of the molecule is C[C@H]1C[C@H](c2ccccc2)n2ncnc2N1C(=O)c1ccccc1. The van der Waals surface area contributed by atoms with Gasteiger partial charge in [-0.05, 0) is 31.0 Å². The topological polar surface area (TPSA) is 51.0 Å². The molecular formula is C19H18N4O. The van der Waals surface area contributed by atoms with Crippen molar-refractivity contribution in [2.45, 2.75) is 25.4 Å². The average Bonchev–Trinajstić information content (AvgIpc) is 3.11. The molecule has 0 saturated heterocycles. The zero-order valence-corrected chi connectivity index (χ0v) is 13.4. The molecule has 2 heterocycles. The van der Waals surface area contributed by atoms with Gasteiger partial charge in [0.05, 0.1) is 6.04 Å². The molecule has 0 aliphatic carbocycles. The fraction of sp³-hybridized carbons (Fsp3) is 0.211. The molecule has 5 heteroatoms. The van der Waals surface area contributed by atoms with E-state index in [-0.39, 0.29) is 18.0 Å². The van der Waals surface area contributed by atoms with Gasteiger partial charge in [-0.15, -0.1) is 0 Å². The Bertz CT molecular complexity index is 844. The monoisotopic (exact) mass is 318 g/mol. The second-order valence-electron chi connectivity index (χ2n) is 6.06. The summed E-state index contributed by atoms with van der Waals surface area (Å²) < 4.78 is 1.86. The van der Waals surface area contributed by atoms with Gasteiger partial charge in [0.2, 0.25) is 5.95 Å². The third-order valence-electron chi connectivity index (χ3n) is 4.49. The second kappa shape index (κ2) is 5.92. The average molecular weight is 318 g/mol. The Balaban J connectivity index is 1.74. The lowest BCUT2D eigenvalue weighted by Gasteiger charge is -2.37. The summed E-state index contributed by atoms with van der Waals surface area (Å²) in [7, 11) is 0. The number of carbonyl (C=O) groups is 1. The maximum Gasteiger partial charge on any atom is 0.260 e. The van der Waals surface area contributed by atoms with Gasteiger partial charge in [0.25, 0.3) is 5.91 Å². The molecule has 120 valence electrons. The van der Waals surface area contributed by atoms with Crippen LogP contribution in [-0.4, -0.2) is 26.7 Å². The Morgan fingerprint density at radius 1 is 1.04 bits per heavy atom. The molecule has 0 fully saturated rings. The molecule has 0 saturated carbocycles. The van der Waals surface area contributed by atoms with Crippen LogP contribution in [0.25, 0.3) is 0 Å². The van der Waals surface area contributed by atoms with Crippen LogP contribution in [0.3, 0.4) is 0 Å². The van der Waals surface area contributed by atoms with Gasteiger partial charge in [-0.2, -0.15) is 10.1 Å². The van der Waals surface area contributed by atoms with Crippen molar-refractivity contribution in [1.29, 1.82) is 0 Å². The van der Waals surface area contributed by atoms with Crippen LogP contribution in [0, 0.1) is 0 Å². The molecule has 0 radical (unpaired) electrons. The molecule has 5 nitrogen and oxygen atoms in total. The number of carbonyl (C=O) groups excluding carboxylic acids is 1. The highest BCUT2D eigenvalue weighted by Crippen LogP contribution is 2.34. The van der Waals surface area contributed by atoms with Crippen LogP contribution in [0.1, 0.15) is 35.3 Å². The van der Waals surface area contributed by atoms with E-state index >= 15 is 0 Å². The minimum Gasteiger partial charge on any atom is -0.274 e. The summed E-state index contributed by atoms with van der Waals surface area (Å²) in [6, 6.07) is 19.7. The molecule has 0 bridgehead atoms. The van der Waals surface area contributed by atoms with Gasteiger partial charge in [0.15, 0.2) is 0 Å². The molecule has 4 rings (SSSR count). The number of benzene rings is 2. The number of hydrogen-bond acceptors (Lipinski definition) is 3. The minimum absolute atomic E-state index is 0.0381. The Labute approximate surface area is 140 Å². The van der Waals surface area contributed by atoms with Crippen molar-refractivity contribution in [2.24, 2.45) is 0 Å². The van der Waals surface area contributed by atoms with Crippen LogP contribution >= 0.6 is 0 Å². The molecule has 2 aromatic carbocycles. The number of fused-ring (bicyclic) bond motifs is 1. The number of aromatic nitrogens is 3. The highest BCUT2D eigenvalue weighted by molar-refractivity contribution is 6.05. The van der Waals surface area contributed by atoms with E-state index < -0.39 is 0 Å². The molecule has 0 N–H and O–H groups in total. The standard InChI is InChI=1S/C19H18N4O/c1-14-12-17(15-8-4-2-5-9-15)23-19(20-13-21-23)22(14)18(24)16-10-6-3-7-11-16/h2-11,13-14,17H,12H2,1H3/t14-,17+/m0/s1. The summed E-state index contributed by atoms with van der Waals surface area (Å²) in [6.45, 7) is 2.06. The maximum absolute atomic E-state index is 13.0. The zero-order valence-electron chi connectivity index (χ0n) is 13.4. The minimum atomic E-state index is -0.0381. The van der Waals surface area contributed by atoms with Crippen molar-refractivity contribution in [3.05, 3.63) is 78.1 Å². The van der Waals surface area contributed by atoms with Crippen LogP contribution < -0.4 is 4.90 Å². The molecule has 1 aliphatic rings. The van der Waals surface area contributed by atoms with Crippen molar-refractivity contribution >= 4 is 11.9 Å². The largest absolute Gasteiger partial charge is 0.274 e. The predicted octanol–water partition coefficient (Wildman–Crippen LogP) is 3.31. The van der Waals surface area contributed by atoms with Gasteiger partial charge in [-0.3, -0.25) is 9.69 Å². The highest BCUT2D eigenvalue weighted by atomic mass is 16.2. The quantitative estimate of drug-likeness (QED) is 0.728. The molecule has 24 heavy (non-hydrogen) atoms. The number of nitrogens with zero attached hydrogens (tertiary/aromatic N) is 4. The van der Waals surface area contributed by atoms with E-state index in [4.69, 9.17) is 0 Å².